The van der Waals surface area contributed by atoms with Gasteiger partial charge in [0.05, 0.1) is 5.69 Å². The van der Waals surface area contributed by atoms with Gasteiger partial charge in [-0.25, -0.2) is 4.68 Å². The number of aromatic hydroxyl groups is 1. The summed E-state index contributed by atoms with van der Waals surface area (Å²) < 4.78 is 1.30. The Morgan fingerprint density at radius 1 is 0.920 bits per heavy atom. The van der Waals surface area contributed by atoms with Crippen molar-refractivity contribution in [3.8, 4) is 11.6 Å². The van der Waals surface area contributed by atoms with Gasteiger partial charge in [-0.2, -0.15) is 0 Å². The van der Waals surface area contributed by atoms with E-state index in [0.717, 1.165) is 11.1 Å². The second-order valence-corrected chi connectivity index (χ2v) is 5.69. The number of nitrogens with one attached hydrogen (secondary N) is 1. The summed E-state index contributed by atoms with van der Waals surface area (Å²) >= 11 is 0. The summed E-state index contributed by atoms with van der Waals surface area (Å²) in [5, 5.41) is 13.1. The Morgan fingerprint density at radius 2 is 1.64 bits per heavy atom. The summed E-state index contributed by atoms with van der Waals surface area (Å²) in [6.45, 7) is 0. The van der Waals surface area contributed by atoms with Crippen molar-refractivity contribution >= 4 is 23.5 Å². The van der Waals surface area contributed by atoms with Crippen LogP contribution in [0.3, 0.4) is 0 Å². The normalized spacial score (nSPS) is 14.7. The lowest BCUT2D eigenvalue weighted by molar-refractivity contribution is -0.109. The average Bonchev–Trinajstić information content (AvgIpc) is 2.93. The average molecular weight is 330 g/mol. The van der Waals surface area contributed by atoms with Gasteiger partial charge in [0.2, 0.25) is 5.88 Å². The van der Waals surface area contributed by atoms with Crippen LogP contribution in [0.4, 0.5) is 0 Å². The first-order valence-electron chi connectivity index (χ1n) is 7.78. The molecule has 0 unspecified atom stereocenters. The molecule has 25 heavy (non-hydrogen) atoms. The molecular weight excluding hydrogens is 316 g/mol. The van der Waals surface area contributed by atoms with E-state index >= 15 is 0 Å². The lowest BCUT2D eigenvalue weighted by atomic mass is 9.90. The van der Waals surface area contributed by atoms with Crippen molar-refractivity contribution in [2.45, 2.75) is 0 Å². The molecule has 2 aromatic carbocycles. The Labute approximate surface area is 143 Å². The maximum atomic E-state index is 12.3. The number of hydrogen-bond donors (Lipinski definition) is 2. The first-order chi connectivity index (χ1) is 12.1. The second kappa shape index (κ2) is 5.79. The van der Waals surface area contributed by atoms with Crippen LogP contribution in [0.5, 0.6) is 5.88 Å². The van der Waals surface area contributed by atoms with Crippen molar-refractivity contribution < 1.29 is 9.90 Å². The molecule has 0 aliphatic heterocycles. The highest BCUT2D eigenvalue weighted by molar-refractivity contribution is 6.33. The number of hydrogen-bond acceptors (Lipinski definition) is 3. The topological polar surface area (TPSA) is 75.1 Å². The lowest BCUT2D eigenvalue weighted by Crippen LogP contribution is -2.08. The van der Waals surface area contributed by atoms with Gasteiger partial charge < -0.3 is 5.11 Å². The number of nitrogens with zero attached hydrogens (tertiary/aromatic N) is 1. The van der Waals surface area contributed by atoms with Gasteiger partial charge in [0.25, 0.3) is 5.56 Å². The van der Waals surface area contributed by atoms with Crippen LogP contribution in [0.1, 0.15) is 16.7 Å². The van der Waals surface area contributed by atoms with Gasteiger partial charge in [-0.05, 0) is 35.4 Å². The van der Waals surface area contributed by atoms with Crippen LogP contribution in [-0.4, -0.2) is 20.7 Å². The standard InChI is InChI=1S/C20H14N2O3/c23-18-11-10-13-6-4-5-9-15(13)16(18)12-17-19(24)21-22(20(17)25)14-7-2-1-3-8-14/h1-12,25H,(H,21,24). The van der Waals surface area contributed by atoms with Gasteiger partial charge in [-0.3, -0.25) is 14.7 Å². The molecule has 2 N–H and O–H groups in total. The van der Waals surface area contributed by atoms with Gasteiger partial charge in [-0.15, -0.1) is 0 Å². The molecule has 0 fully saturated rings. The molecule has 4 rings (SSSR count). The Hall–Kier alpha value is -3.60. The SMILES string of the molecule is O=C1C=Cc2ccccc2C1=Cc1c(O)n(-c2ccccc2)[nH]c1=O. The molecule has 0 spiro atoms. The second-order valence-electron chi connectivity index (χ2n) is 5.69. The Bertz CT molecular complexity index is 1090. The molecule has 1 aliphatic rings. The molecule has 0 saturated carbocycles. The summed E-state index contributed by atoms with van der Waals surface area (Å²) in [5.41, 5.74) is 2.22. The summed E-state index contributed by atoms with van der Waals surface area (Å²) in [7, 11) is 0. The molecule has 122 valence electrons. The number of ketones is 1. The highest BCUT2D eigenvalue weighted by Gasteiger charge is 2.20. The quantitative estimate of drug-likeness (QED) is 0.709. The van der Waals surface area contributed by atoms with E-state index < -0.39 is 5.56 Å². The number of aromatic amines is 1. The number of allylic oxidation sites excluding steroid dienone is 2. The molecule has 5 heteroatoms. The molecular formula is C20H14N2O3. The summed E-state index contributed by atoms with van der Waals surface area (Å²) in [4.78, 5) is 24.6. The van der Waals surface area contributed by atoms with Crippen molar-refractivity contribution in [1.29, 1.82) is 0 Å². The number of carbonyl (C=O) groups excluding carboxylic acids is 1. The highest BCUT2D eigenvalue weighted by atomic mass is 16.3. The predicted octanol–water partition coefficient (Wildman–Crippen LogP) is 3.01. The number of fused-ring (bicyclic) bond motifs is 1. The fourth-order valence-electron chi connectivity index (χ4n) is 2.90. The Morgan fingerprint density at radius 3 is 2.44 bits per heavy atom. The molecule has 0 bridgehead atoms. The molecule has 0 atom stereocenters. The molecule has 0 amide bonds. The zero-order valence-electron chi connectivity index (χ0n) is 13.1. The van der Waals surface area contributed by atoms with E-state index in [1.54, 1.807) is 30.3 Å². The first-order valence-corrected chi connectivity index (χ1v) is 7.78. The molecule has 3 aromatic rings. The van der Waals surface area contributed by atoms with Crippen molar-refractivity contribution in [3.05, 3.63) is 87.7 Å². The fraction of sp³-hybridized carbons (Fsp3) is 0. The van der Waals surface area contributed by atoms with E-state index in [1.807, 2.05) is 30.3 Å². The zero-order chi connectivity index (χ0) is 17.4. The molecule has 1 heterocycles. The van der Waals surface area contributed by atoms with Gasteiger partial charge in [-0.1, -0.05) is 48.5 Å². The predicted molar refractivity (Wildman–Crippen MR) is 96.4 cm³/mol. The van der Waals surface area contributed by atoms with Crippen molar-refractivity contribution in [2.75, 3.05) is 0 Å². The smallest absolute Gasteiger partial charge is 0.275 e. The number of rotatable bonds is 2. The van der Waals surface area contributed by atoms with Crippen molar-refractivity contribution in [1.82, 2.24) is 9.78 Å². The summed E-state index contributed by atoms with van der Waals surface area (Å²) in [5.74, 6) is -0.437. The minimum Gasteiger partial charge on any atom is -0.493 e. The minimum atomic E-state index is -0.464. The van der Waals surface area contributed by atoms with Crippen LogP contribution < -0.4 is 5.56 Å². The first kappa shape index (κ1) is 15.0. The van der Waals surface area contributed by atoms with Crippen LogP contribution in [-0.2, 0) is 4.79 Å². The van der Waals surface area contributed by atoms with Gasteiger partial charge in [0.1, 0.15) is 5.56 Å². The Balaban J connectivity index is 1.88. The molecule has 0 radical (unpaired) electrons. The number of benzene rings is 2. The molecule has 5 nitrogen and oxygen atoms in total. The third-order valence-electron chi connectivity index (χ3n) is 4.14. The molecule has 0 saturated heterocycles. The molecule has 1 aromatic heterocycles. The van der Waals surface area contributed by atoms with Gasteiger partial charge >= 0.3 is 0 Å². The van der Waals surface area contributed by atoms with Crippen LogP contribution in [0.15, 0.2) is 65.5 Å². The highest BCUT2D eigenvalue weighted by Crippen LogP contribution is 2.30. The van der Waals surface area contributed by atoms with Gasteiger partial charge in [0, 0.05) is 5.57 Å². The number of carbonyl (C=O) groups is 1. The fourth-order valence-corrected chi connectivity index (χ4v) is 2.90. The lowest BCUT2D eigenvalue weighted by Gasteiger charge is -2.12. The van der Waals surface area contributed by atoms with Crippen molar-refractivity contribution in [2.24, 2.45) is 0 Å². The van der Waals surface area contributed by atoms with E-state index in [9.17, 15) is 14.7 Å². The van der Waals surface area contributed by atoms with Crippen LogP contribution in [0.25, 0.3) is 23.4 Å². The summed E-state index contributed by atoms with van der Waals surface area (Å²) in [6.07, 6.45) is 4.65. The maximum absolute atomic E-state index is 12.3. The van der Waals surface area contributed by atoms with E-state index in [1.165, 1.54) is 16.8 Å². The Kier molecular flexibility index (Phi) is 3.47. The third-order valence-corrected chi connectivity index (χ3v) is 4.14. The number of para-hydroxylation sites is 1. The van der Waals surface area contributed by atoms with Gasteiger partial charge in [0.15, 0.2) is 5.78 Å². The monoisotopic (exact) mass is 330 g/mol. The zero-order valence-corrected chi connectivity index (χ0v) is 13.1. The molecule has 1 aliphatic carbocycles. The van der Waals surface area contributed by atoms with E-state index in [-0.39, 0.29) is 17.2 Å². The minimum absolute atomic E-state index is 0.0531. The van der Waals surface area contributed by atoms with E-state index in [2.05, 4.69) is 5.10 Å². The van der Waals surface area contributed by atoms with E-state index in [0.29, 0.717) is 11.3 Å². The number of aromatic nitrogens is 2. The number of H-pyrrole nitrogens is 1. The van der Waals surface area contributed by atoms with E-state index in [4.69, 9.17) is 0 Å². The van der Waals surface area contributed by atoms with Crippen LogP contribution >= 0.6 is 0 Å². The van der Waals surface area contributed by atoms with Crippen LogP contribution in [0, 0.1) is 0 Å². The largest absolute Gasteiger partial charge is 0.493 e. The summed E-state index contributed by atoms with van der Waals surface area (Å²) in [6, 6.07) is 16.4. The van der Waals surface area contributed by atoms with Crippen LogP contribution in [0.2, 0.25) is 0 Å². The third kappa shape index (κ3) is 2.52. The maximum Gasteiger partial charge on any atom is 0.275 e. The van der Waals surface area contributed by atoms with Crippen molar-refractivity contribution in [3.63, 3.8) is 0 Å².